The van der Waals surface area contributed by atoms with E-state index in [0.717, 1.165) is 37.4 Å². The average molecular weight is 249 g/mol. The van der Waals surface area contributed by atoms with Gasteiger partial charge < -0.3 is 4.74 Å². The summed E-state index contributed by atoms with van der Waals surface area (Å²) >= 11 is 0. The molecule has 2 aliphatic heterocycles. The molecule has 1 atom stereocenters. The maximum Gasteiger partial charge on any atom is 0.135 e. The van der Waals surface area contributed by atoms with Gasteiger partial charge in [-0.15, -0.1) is 0 Å². The predicted molar refractivity (Wildman–Crippen MR) is 65.2 cm³/mol. The highest BCUT2D eigenvalue weighted by atomic mass is 19.1. The van der Waals surface area contributed by atoms with Gasteiger partial charge in [-0.1, -0.05) is 0 Å². The van der Waals surface area contributed by atoms with Gasteiger partial charge in [-0.2, -0.15) is 0 Å². The molecule has 0 radical (unpaired) electrons. The number of likely N-dealkylation sites (tertiary alicyclic amines) is 1. The van der Waals surface area contributed by atoms with Crippen LogP contribution >= 0.6 is 0 Å². The molecule has 3 nitrogen and oxygen atoms in total. The molecule has 1 fully saturated rings. The number of carbonyl (C=O) groups excluding carboxylic acids is 1. The third kappa shape index (κ3) is 2.38. The number of ketones is 1. The first-order valence-electron chi connectivity index (χ1n) is 6.40. The lowest BCUT2D eigenvalue weighted by Gasteiger charge is -2.27. The first kappa shape index (κ1) is 11.7. The van der Waals surface area contributed by atoms with Crippen molar-refractivity contribution in [3.05, 3.63) is 29.6 Å². The minimum Gasteiger partial charge on any atom is -0.488 e. The van der Waals surface area contributed by atoms with Crippen LogP contribution in [0.5, 0.6) is 5.75 Å². The van der Waals surface area contributed by atoms with Gasteiger partial charge in [0, 0.05) is 44.5 Å². The number of fused-ring (bicyclic) bond motifs is 1. The maximum absolute atomic E-state index is 13.1. The summed E-state index contributed by atoms with van der Waals surface area (Å²) in [7, 11) is 0. The summed E-state index contributed by atoms with van der Waals surface area (Å²) in [5.41, 5.74) is 0.952. The molecule has 2 aliphatic rings. The number of rotatable bonds is 2. The number of nitrogens with zero attached hydrogens (tertiary/aromatic N) is 1. The Kier molecular flexibility index (Phi) is 3.04. The molecule has 3 rings (SSSR count). The summed E-state index contributed by atoms with van der Waals surface area (Å²) in [6.07, 6.45) is 2.15. The van der Waals surface area contributed by atoms with Crippen molar-refractivity contribution in [3.63, 3.8) is 0 Å². The summed E-state index contributed by atoms with van der Waals surface area (Å²) in [6, 6.07) is 4.68. The van der Waals surface area contributed by atoms with Crippen LogP contribution in [0.2, 0.25) is 0 Å². The van der Waals surface area contributed by atoms with E-state index in [0.29, 0.717) is 18.6 Å². The Hall–Kier alpha value is -1.42. The van der Waals surface area contributed by atoms with Crippen LogP contribution in [0.3, 0.4) is 0 Å². The van der Waals surface area contributed by atoms with E-state index in [-0.39, 0.29) is 11.9 Å². The molecular weight excluding hydrogens is 233 g/mol. The van der Waals surface area contributed by atoms with Gasteiger partial charge in [0.05, 0.1) is 0 Å². The summed E-state index contributed by atoms with van der Waals surface area (Å²) < 4.78 is 18.9. The highest BCUT2D eigenvalue weighted by Gasteiger charge is 2.26. The fourth-order valence-electron chi connectivity index (χ4n) is 2.66. The lowest BCUT2D eigenvalue weighted by Crippen LogP contribution is -2.40. The van der Waals surface area contributed by atoms with E-state index in [2.05, 4.69) is 4.90 Å². The molecule has 0 aliphatic carbocycles. The Morgan fingerprint density at radius 3 is 2.89 bits per heavy atom. The Bertz CT molecular complexity index is 465. The average Bonchev–Trinajstić information content (AvgIpc) is 2.73. The van der Waals surface area contributed by atoms with Crippen LogP contribution in [-0.4, -0.2) is 36.4 Å². The van der Waals surface area contributed by atoms with Crippen LogP contribution in [0.4, 0.5) is 4.39 Å². The van der Waals surface area contributed by atoms with Crippen molar-refractivity contribution < 1.29 is 13.9 Å². The van der Waals surface area contributed by atoms with Gasteiger partial charge in [0.25, 0.3) is 0 Å². The van der Waals surface area contributed by atoms with Gasteiger partial charge in [0.15, 0.2) is 0 Å². The zero-order chi connectivity index (χ0) is 12.5. The number of Topliss-reactive ketones (excluding diaryl/α,β-unsaturated/α-hetero) is 1. The van der Waals surface area contributed by atoms with Gasteiger partial charge >= 0.3 is 0 Å². The highest BCUT2D eigenvalue weighted by molar-refractivity contribution is 5.79. The summed E-state index contributed by atoms with van der Waals surface area (Å²) in [6.45, 7) is 2.47. The van der Waals surface area contributed by atoms with Crippen LogP contribution in [0.15, 0.2) is 18.2 Å². The number of halogens is 1. The second-order valence-corrected chi connectivity index (χ2v) is 5.04. The van der Waals surface area contributed by atoms with Crippen molar-refractivity contribution in [2.45, 2.75) is 25.4 Å². The largest absolute Gasteiger partial charge is 0.488 e. The molecule has 1 aromatic rings. The van der Waals surface area contributed by atoms with E-state index in [9.17, 15) is 9.18 Å². The Balaban J connectivity index is 1.59. The molecule has 1 saturated heterocycles. The highest BCUT2D eigenvalue weighted by Crippen LogP contribution is 2.29. The maximum atomic E-state index is 13.1. The molecule has 96 valence electrons. The minimum absolute atomic E-state index is 0.0926. The number of hydrogen-bond donors (Lipinski definition) is 0. The van der Waals surface area contributed by atoms with E-state index in [1.165, 1.54) is 6.07 Å². The number of benzene rings is 1. The normalized spacial score (nSPS) is 23.8. The molecule has 1 unspecified atom stereocenters. The molecule has 0 saturated carbocycles. The third-order valence-corrected chi connectivity index (χ3v) is 3.64. The van der Waals surface area contributed by atoms with E-state index >= 15 is 0 Å². The number of piperidine rings is 1. The molecule has 0 aromatic heterocycles. The van der Waals surface area contributed by atoms with Crippen molar-refractivity contribution in [1.29, 1.82) is 0 Å². The zero-order valence-electron chi connectivity index (χ0n) is 10.2. The van der Waals surface area contributed by atoms with Gasteiger partial charge in [-0.05, 0) is 18.2 Å². The fourth-order valence-corrected chi connectivity index (χ4v) is 2.66. The Labute approximate surface area is 106 Å². The predicted octanol–water partition coefficient (Wildman–Crippen LogP) is 1.79. The third-order valence-electron chi connectivity index (χ3n) is 3.64. The van der Waals surface area contributed by atoms with Gasteiger partial charge in [0.2, 0.25) is 0 Å². The van der Waals surface area contributed by atoms with Crippen molar-refractivity contribution >= 4 is 5.78 Å². The standard InChI is InChI=1S/C14H16FNO2/c15-11-1-2-14-10(7-11)8-13(18-14)9-16-5-3-12(17)4-6-16/h1-2,7,13H,3-6,8-9H2. The van der Waals surface area contributed by atoms with Gasteiger partial charge in [-0.3, -0.25) is 9.69 Å². The quantitative estimate of drug-likeness (QED) is 0.800. The lowest BCUT2D eigenvalue weighted by molar-refractivity contribution is -0.121. The van der Waals surface area contributed by atoms with E-state index in [1.807, 2.05) is 0 Å². The number of carbonyl (C=O) groups is 1. The molecule has 0 N–H and O–H groups in total. The monoisotopic (exact) mass is 249 g/mol. The van der Waals surface area contributed by atoms with Gasteiger partial charge in [0.1, 0.15) is 23.5 Å². The number of ether oxygens (including phenoxy) is 1. The Morgan fingerprint density at radius 1 is 1.33 bits per heavy atom. The first-order valence-corrected chi connectivity index (χ1v) is 6.40. The van der Waals surface area contributed by atoms with Crippen molar-refractivity contribution in [2.24, 2.45) is 0 Å². The topological polar surface area (TPSA) is 29.5 Å². The lowest BCUT2D eigenvalue weighted by atomic mass is 10.1. The van der Waals surface area contributed by atoms with E-state index < -0.39 is 0 Å². The molecule has 1 aromatic carbocycles. The van der Waals surface area contributed by atoms with Crippen molar-refractivity contribution in [1.82, 2.24) is 4.90 Å². The molecule has 0 amide bonds. The Morgan fingerprint density at radius 2 is 2.11 bits per heavy atom. The van der Waals surface area contributed by atoms with Crippen LogP contribution in [0.1, 0.15) is 18.4 Å². The van der Waals surface area contributed by atoms with Crippen LogP contribution < -0.4 is 4.74 Å². The molecule has 2 heterocycles. The smallest absolute Gasteiger partial charge is 0.135 e. The molecule has 0 spiro atoms. The van der Waals surface area contributed by atoms with Crippen molar-refractivity contribution in [3.8, 4) is 5.75 Å². The second-order valence-electron chi connectivity index (χ2n) is 5.04. The van der Waals surface area contributed by atoms with E-state index in [1.54, 1.807) is 12.1 Å². The van der Waals surface area contributed by atoms with E-state index in [4.69, 9.17) is 4.74 Å². The van der Waals surface area contributed by atoms with Crippen LogP contribution in [-0.2, 0) is 11.2 Å². The molecule has 18 heavy (non-hydrogen) atoms. The SMILES string of the molecule is O=C1CCN(CC2Cc3cc(F)ccc3O2)CC1. The second kappa shape index (κ2) is 4.69. The van der Waals surface area contributed by atoms with Crippen LogP contribution in [0.25, 0.3) is 0 Å². The van der Waals surface area contributed by atoms with Crippen LogP contribution in [0, 0.1) is 5.82 Å². The summed E-state index contributed by atoms with van der Waals surface area (Å²) in [5, 5.41) is 0. The summed E-state index contributed by atoms with van der Waals surface area (Å²) in [5.74, 6) is 0.944. The van der Waals surface area contributed by atoms with Crippen molar-refractivity contribution in [2.75, 3.05) is 19.6 Å². The zero-order valence-corrected chi connectivity index (χ0v) is 10.2. The summed E-state index contributed by atoms with van der Waals surface area (Å²) in [4.78, 5) is 13.4. The molecular formula is C14H16FNO2. The molecule has 0 bridgehead atoms. The minimum atomic E-state index is -0.207. The first-order chi connectivity index (χ1) is 8.70. The number of hydrogen-bond acceptors (Lipinski definition) is 3. The fraction of sp³-hybridized carbons (Fsp3) is 0.500. The van der Waals surface area contributed by atoms with Gasteiger partial charge in [-0.25, -0.2) is 4.39 Å². The molecule has 4 heteroatoms.